The van der Waals surface area contributed by atoms with Crippen LogP contribution < -0.4 is 5.73 Å². The minimum atomic E-state index is -0.778. The van der Waals surface area contributed by atoms with E-state index in [0.29, 0.717) is 5.02 Å². The predicted octanol–water partition coefficient (Wildman–Crippen LogP) is 2.96. The first-order valence-corrected chi connectivity index (χ1v) is 5.37. The molecule has 5 heteroatoms. The number of carbonyl (C=O) groups excluding carboxylic acids is 1. The Bertz CT molecular complexity index is 394. The summed E-state index contributed by atoms with van der Waals surface area (Å²) >= 11 is 5.88. The smallest absolute Gasteiger partial charge is 0.313 e. The highest BCUT2D eigenvalue weighted by Crippen LogP contribution is 2.33. The zero-order valence-corrected chi connectivity index (χ0v) is 11.6. The van der Waals surface area contributed by atoms with Gasteiger partial charge in [0.25, 0.3) is 0 Å². The third-order valence-electron chi connectivity index (χ3n) is 2.70. The standard InChI is InChI=1S/C12H16ClNO2.ClH/c1-12(2,11(15)16-3)10(14)8-5-4-6-9(13)7-8;/h4-7,10H,14H2,1-3H3;1H/t10-;/m0./s1. The van der Waals surface area contributed by atoms with Crippen molar-refractivity contribution in [2.45, 2.75) is 19.9 Å². The normalized spacial score (nSPS) is 12.5. The molecule has 1 rings (SSSR count). The van der Waals surface area contributed by atoms with E-state index >= 15 is 0 Å². The molecule has 0 amide bonds. The monoisotopic (exact) mass is 277 g/mol. The van der Waals surface area contributed by atoms with Crippen molar-refractivity contribution >= 4 is 30.0 Å². The third-order valence-corrected chi connectivity index (χ3v) is 2.93. The fourth-order valence-electron chi connectivity index (χ4n) is 1.51. The lowest BCUT2D eigenvalue weighted by Crippen LogP contribution is -2.37. The summed E-state index contributed by atoms with van der Waals surface area (Å²) in [5, 5.41) is 0.605. The molecule has 0 aliphatic rings. The van der Waals surface area contributed by atoms with Crippen molar-refractivity contribution in [1.29, 1.82) is 0 Å². The molecule has 1 atom stereocenters. The van der Waals surface area contributed by atoms with E-state index in [0.717, 1.165) is 5.56 Å². The molecule has 0 saturated carbocycles. The van der Waals surface area contributed by atoms with Gasteiger partial charge in [0.05, 0.1) is 12.5 Å². The Morgan fingerprint density at radius 3 is 2.53 bits per heavy atom. The van der Waals surface area contributed by atoms with Gasteiger partial charge >= 0.3 is 5.97 Å². The average molecular weight is 278 g/mol. The van der Waals surface area contributed by atoms with Crippen LogP contribution in [0.5, 0.6) is 0 Å². The Morgan fingerprint density at radius 2 is 2.06 bits per heavy atom. The summed E-state index contributed by atoms with van der Waals surface area (Å²) in [6, 6.07) is 6.74. The highest BCUT2D eigenvalue weighted by atomic mass is 35.5. The molecule has 3 nitrogen and oxygen atoms in total. The van der Waals surface area contributed by atoms with Gasteiger partial charge in [0.1, 0.15) is 0 Å². The Balaban J connectivity index is 0.00000256. The van der Waals surface area contributed by atoms with Gasteiger partial charge < -0.3 is 10.5 Å². The number of benzene rings is 1. The molecule has 1 aromatic carbocycles. The molecule has 96 valence electrons. The van der Waals surface area contributed by atoms with Gasteiger partial charge in [-0.05, 0) is 31.5 Å². The van der Waals surface area contributed by atoms with Crippen molar-refractivity contribution in [3.63, 3.8) is 0 Å². The molecule has 0 heterocycles. The van der Waals surface area contributed by atoms with Crippen LogP contribution in [0.1, 0.15) is 25.5 Å². The maximum atomic E-state index is 11.6. The third kappa shape index (κ3) is 3.60. The van der Waals surface area contributed by atoms with Crippen molar-refractivity contribution < 1.29 is 9.53 Å². The Hall–Kier alpha value is -0.770. The van der Waals surface area contributed by atoms with E-state index in [-0.39, 0.29) is 18.4 Å². The maximum absolute atomic E-state index is 11.6. The molecule has 0 aliphatic heterocycles. The number of nitrogens with two attached hydrogens (primary N) is 1. The molecule has 0 bridgehead atoms. The number of esters is 1. The van der Waals surface area contributed by atoms with Crippen LogP contribution in [0.25, 0.3) is 0 Å². The van der Waals surface area contributed by atoms with Crippen molar-refractivity contribution in [2.75, 3.05) is 7.11 Å². The number of rotatable bonds is 3. The van der Waals surface area contributed by atoms with Crippen LogP contribution in [0.2, 0.25) is 5.02 Å². The molecule has 0 spiro atoms. The highest BCUT2D eigenvalue weighted by Gasteiger charge is 2.36. The average Bonchev–Trinajstić information content (AvgIpc) is 2.26. The minimum absolute atomic E-state index is 0. The zero-order chi connectivity index (χ0) is 12.3. The largest absolute Gasteiger partial charge is 0.469 e. The molecule has 17 heavy (non-hydrogen) atoms. The van der Waals surface area contributed by atoms with E-state index in [1.807, 2.05) is 12.1 Å². The lowest BCUT2D eigenvalue weighted by molar-refractivity contribution is -0.152. The zero-order valence-electron chi connectivity index (χ0n) is 10.1. The molecule has 0 saturated heterocycles. The number of hydrogen-bond donors (Lipinski definition) is 1. The molecular weight excluding hydrogens is 261 g/mol. The van der Waals surface area contributed by atoms with Gasteiger partial charge in [-0.1, -0.05) is 23.7 Å². The first kappa shape index (κ1) is 16.2. The topological polar surface area (TPSA) is 52.3 Å². The summed E-state index contributed by atoms with van der Waals surface area (Å²) in [4.78, 5) is 11.6. The van der Waals surface area contributed by atoms with Crippen LogP contribution in [0, 0.1) is 5.41 Å². The Kier molecular flexibility index (Phi) is 5.96. The Labute approximate surface area is 113 Å². The van der Waals surface area contributed by atoms with Crippen LogP contribution in [-0.2, 0) is 9.53 Å². The van der Waals surface area contributed by atoms with Crippen molar-refractivity contribution in [3.8, 4) is 0 Å². The number of hydrogen-bond acceptors (Lipinski definition) is 3. The number of halogens is 2. The van der Waals surface area contributed by atoms with Crippen molar-refractivity contribution in [3.05, 3.63) is 34.9 Å². The van der Waals surface area contributed by atoms with Gasteiger partial charge in [-0.25, -0.2) is 0 Å². The van der Waals surface area contributed by atoms with Crippen LogP contribution in [0.3, 0.4) is 0 Å². The fourth-order valence-corrected chi connectivity index (χ4v) is 1.71. The molecule has 0 unspecified atom stereocenters. The predicted molar refractivity (Wildman–Crippen MR) is 71.4 cm³/mol. The molecule has 1 aromatic rings. The van der Waals surface area contributed by atoms with Crippen molar-refractivity contribution in [1.82, 2.24) is 0 Å². The van der Waals surface area contributed by atoms with E-state index in [1.165, 1.54) is 7.11 Å². The lowest BCUT2D eigenvalue weighted by Gasteiger charge is -2.28. The van der Waals surface area contributed by atoms with E-state index < -0.39 is 11.5 Å². The summed E-state index contributed by atoms with van der Waals surface area (Å²) in [6.45, 7) is 3.51. The lowest BCUT2D eigenvalue weighted by atomic mass is 9.81. The van der Waals surface area contributed by atoms with E-state index in [9.17, 15) is 4.79 Å². The quantitative estimate of drug-likeness (QED) is 0.865. The first-order chi connectivity index (χ1) is 7.39. The SMILES string of the molecule is COC(=O)C(C)(C)[C@@H](N)c1cccc(Cl)c1.Cl. The number of methoxy groups -OCH3 is 1. The van der Waals surface area contributed by atoms with Crippen LogP contribution in [0.4, 0.5) is 0 Å². The molecule has 0 fully saturated rings. The van der Waals surface area contributed by atoms with Crippen LogP contribution in [-0.4, -0.2) is 13.1 Å². The minimum Gasteiger partial charge on any atom is -0.469 e. The molecule has 0 aliphatic carbocycles. The Morgan fingerprint density at radius 1 is 1.47 bits per heavy atom. The number of ether oxygens (including phenoxy) is 1. The summed E-state index contributed by atoms with van der Waals surface area (Å²) < 4.78 is 4.74. The summed E-state index contributed by atoms with van der Waals surface area (Å²) in [6.07, 6.45) is 0. The molecular formula is C12H17Cl2NO2. The summed E-state index contributed by atoms with van der Waals surface area (Å²) in [7, 11) is 1.36. The van der Waals surface area contributed by atoms with Gasteiger partial charge in [-0.2, -0.15) is 0 Å². The number of carbonyl (C=O) groups is 1. The second-order valence-electron chi connectivity index (χ2n) is 4.25. The maximum Gasteiger partial charge on any atom is 0.313 e. The van der Waals surface area contributed by atoms with E-state index in [4.69, 9.17) is 22.1 Å². The summed E-state index contributed by atoms with van der Waals surface area (Å²) in [5.41, 5.74) is 6.10. The van der Waals surface area contributed by atoms with Gasteiger partial charge in [0, 0.05) is 11.1 Å². The molecule has 2 N–H and O–H groups in total. The fraction of sp³-hybridized carbons (Fsp3) is 0.417. The second kappa shape index (κ2) is 6.24. The van der Waals surface area contributed by atoms with Gasteiger partial charge in [0.2, 0.25) is 0 Å². The van der Waals surface area contributed by atoms with Gasteiger partial charge in [-0.3, -0.25) is 4.79 Å². The van der Waals surface area contributed by atoms with Gasteiger partial charge in [-0.15, -0.1) is 12.4 Å². The van der Waals surface area contributed by atoms with E-state index in [2.05, 4.69) is 0 Å². The van der Waals surface area contributed by atoms with Gasteiger partial charge in [0.15, 0.2) is 0 Å². The first-order valence-electron chi connectivity index (χ1n) is 4.99. The molecule has 0 radical (unpaired) electrons. The van der Waals surface area contributed by atoms with Crippen LogP contribution >= 0.6 is 24.0 Å². The van der Waals surface area contributed by atoms with E-state index in [1.54, 1.807) is 26.0 Å². The second-order valence-corrected chi connectivity index (χ2v) is 4.68. The highest BCUT2D eigenvalue weighted by molar-refractivity contribution is 6.30. The van der Waals surface area contributed by atoms with Crippen LogP contribution in [0.15, 0.2) is 24.3 Å². The summed E-state index contributed by atoms with van der Waals surface area (Å²) in [5.74, 6) is -0.333. The molecule has 0 aromatic heterocycles. The van der Waals surface area contributed by atoms with Crippen molar-refractivity contribution in [2.24, 2.45) is 11.1 Å².